The number of amides is 1. The van der Waals surface area contributed by atoms with Gasteiger partial charge in [0.1, 0.15) is 0 Å². The maximum atomic E-state index is 12.8. The summed E-state index contributed by atoms with van der Waals surface area (Å²) in [6.45, 7) is 0. The van der Waals surface area contributed by atoms with E-state index < -0.39 is 4.92 Å². The monoisotopic (exact) mass is 300 g/mol. The van der Waals surface area contributed by atoms with Gasteiger partial charge in [-0.15, -0.1) is 0 Å². The molecule has 1 N–H and O–H groups in total. The van der Waals surface area contributed by atoms with Gasteiger partial charge in [-0.3, -0.25) is 14.9 Å². The molecule has 4 bridgehead atoms. The van der Waals surface area contributed by atoms with Crippen LogP contribution >= 0.6 is 0 Å². The lowest BCUT2D eigenvalue weighted by Gasteiger charge is -2.55. The van der Waals surface area contributed by atoms with Gasteiger partial charge in [0.25, 0.3) is 5.69 Å². The number of nitrogens with zero attached hydrogens (tertiary/aromatic N) is 1. The Bertz CT molecular complexity index is 588. The van der Waals surface area contributed by atoms with E-state index in [9.17, 15) is 14.9 Å². The lowest BCUT2D eigenvalue weighted by Crippen LogP contribution is -2.51. The Hall–Kier alpha value is -1.91. The van der Waals surface area contributed by atoms with Crippen LogP contribution in [0.15, 0.2) is 24.3 Å². The van der Waals surface area contributed by atoms with E-state index in [1.807, 2.05) is 0 Å². The van der Waals surface area contributed by atoms with Crippen LogP contribution in [0.3, 0.4) is 0 Å². The number of hydrogen-bond acceptors (Lipinski definition) is 3. The molecular weight excluding hydrogens is 280 g/mol. The third kappa shape index (κ3) is 2.19. The summed E-state index contributed by atoms with van der Waals surface area (Å²) >= 11 is 0. The Morgan fingerprint density at radius 1 is 1.05 bits per heavy atom. The molecule has 4 saturated carbocycles. The van der Waals surface area contributed by atoms with Crippen molar-refractivity contribution in [2.24, 2.45) is 23.2 Å². The lowest BCUT2D eigenvalue weighted by molar-refractivity contribution is -0.384. The summed E-state index contributed by atoms with van der Waals surface area (Å²) in [5.41, 5.74) is 0.524. The third-order valence-electron chi connectivity index (χ3n) is 5.86. The molecule has 0 aliphatic heterocycles. The van der Waals surface area contributed by atoms with Crippen LogP contribution in [-0.2, 0) is 4.79 Å². The number of nitro groups is 1. The Balaban J connectivity index is 1.51. The van der Waals surface area contributed by atoms with Crippen molar-refractivity contribution in [3.8, 4) is 0 Å². The van der Waals surface area contributed by atoms with Crippen LogP contribution in [0.1, 0.15) is 38.5 Å². The van der Waals surface area contributed by atoms with Crippen LogP contribution in [0, 0.1) is 33.3 Å². The van der Waals surface area contributed by atoms with Gasteiger partial charge in [0.05, 0.1) is 10.3 Å². The fraction of sp³-hybridized carbons (Fsp3) is 0.588. The molecule has 22 heavy (non-hydrogen) atoms. The number of non-ortho nitro benzene ring substituents is 1. The summed E-state index contributed by atoms with van der Waals surface area (Å²) < 4.78 is 0. The molecule has 4 aliphatic rings. The summed E-state index contributed by atoms with van der Waals surface area (Å²) in [5, 5.41) is 13.7. The van der Waals surface area contributed by atoms with Crippen molar-refractivity contribution in [1.29, 1.82) is 0 Å². The summed E-state index contributed by atoms with van der Waals surface area (Å²) in [7, 11) is 0. The highest BCUT2D eigenvalue weighted by Gasteiger charge is 2.54. The second-order valence-corrected chi connectivity index (χ2v) is 7.46. The second-order valence-electron chi connectivity index (χ2n) is 7.46. The van der Waals surface area contributed by atoms with Gasteiger partial charge in [-0.1, -0.05) is 0 Å². The molecule has 0 saturated heterocycles. The van der Waals surface area contributed by atoms with Gasteiger partial charge in [0.2, 0.25) is 5.91 Å². The molecular formula is C17H20N2O3. The first-order valence-corrected chi connectivity index (χ1v) is 8.10. The Morgan fingerprint density at radius 2 is 1.55 bits per heavy atom. The normalized spacial score (nSPS) is 35.4. The smallest absolute Gasteiger partial charge is 0.269 e. The van der Waals surface area contributed by atoms with E-state index >= 15 is 0 Å². The van der Waals surface area contributed by atoms with Crippen molar-refractivity contribution in [3.63, 3.8) is 0 Å². The number of rotatable bonds is 3. The number of nitro benzene ring substituents is 1. The topological polar surface area (TPSA) is 72.2 Å². The molecule has 0 radical (unpaired) electrons. The predicted octanol–water partition coefficient (Wildman–Crippen LogP) is 3.75. The number of carbonyl (C=O) groups excluding carboxylic acids is 1. The van der Waals surface area contributed by atoms with E-state index in [0.717, 1.165) is 37.0 Å². The lowest BCUT2D eigenvalue weighted by atomic mass is 9.49. The zero-order valence-corrected chi connectivity index (χ0v) is 12.5. The van der Waals surface area contributed by atoms with Crippen molar-refractivity contribution in [3.05, 3.63) is 34.4 Å². The first-order valence-electron chi connectivity index (χ1n) is 8.10. The summed E-state index contributed by atoms with van der Waals surface area (Å²) in [5.74, 6) is 2.32. The fourth-order valence-electron chi connectivity index (χ4n) is 5.32. The molecule has 4 fully saturated rings. The third-order valence-corrected chi connectivity index (χ3v) is 5.86. The van der Waals surface area contributed by atoms with Crippen molar-refractivity contribution in [2.45, 2.75) is 38.5 Å². The molecule has 0 heterocycles. The Kier molecular flexibility index (Phi) is 2.99. The number of hydrogen-bond donors (Lipinski definition) is 1. The van der Waals surface area contributed by atoms with Gasteiger partial charge in [-0.25, -0.2) is 0 Å². The van der Waals surface area contributed by atoms with Crippen LogP contribution in [0.25, 0.3) is 0 Å². The van der Waals surface area contributed by atoms with E-state index in [1.54, 1.807) is 12.1 Å². The first-order chi connectivity index (χ1) is 10.5. The van der Waals surface area contributed by atoms with Gasteiger partial charge in [-0.2, -0.15) is 0 Å². The van der Waals surface area contributed by atoms with Gasteiger partial charge >= 0.3 is 0 Å². The fourth-order valence-corrected chi connectivity index (χ4v) is 5.32. The molecule has 1 aromatic carbocycles. The molecule has 5 heteroatoms. The van der Waals surface area contributed by atoms with E-state index in [4.69, 9.17) is 0 Å². The molecule has 1 amide bonds. The van der Waals surface area contributed by atoms with E-state index in [-0.39, 0.29) is 17.0 Å². The van der Waals surface area contributed by atoms with Crippen molar-refractivity contribution < 1.29 is 9.72 Å². The van der Waals surface area contributed by atoms with Gasteiger partial charge in [-0.05, 0) is 68.4 Å². The van der Waals surface area contributed by atoms with Crippen LogP contribution < -0.4 is 5.32 Å². The van der Waals surface area contributed by atoms with Gasteiger partial charge in [0.15, 0.2) is 0 Å². The van der Waals surface area contributed by atoms with E-state index in [0.29, 0.717) is 5.69 Å². The highest BCUT2D eigenvalue weighted by atomic mass is 16.6. The average Bonchev–Trinajstić information content (AvgIpc) is 2.46. The zero-order chi connectivity index (χ0) is 15.3. The Labute approximate surface area is 129 Å². The quantitative estimate of drug-likeness (QED) is 0.682. The van der Waals surface area contributed by atoms with E-state index in [2.05, 4.69) is 5.32 Å². The van der Waals surface area contributed by atoms with Crippen molar-refractivity contribution in [1.82, 2.24) is 0 Å². The number of benzene rings is 1. The average molecular weight is 300 g/mol. The number of nitrogens with one attached hydrogen (secondary N) is 1. The molecule has 4 aliphatic carbocycles. The van der Waals surface area contributed by atoms with E-state index in [1.165, 1.54) is 31.4 Å². The van der Waals surface area contributed by atoms with Gasteiger partial charge < -0.3 is 5.32 Å². The largest absolute Gasteiger partial charge is 0.326 e. The molecule has 0 atom stereocenters. The highest BCUT2D eigenvalue weighted by molar-refractivity contribution is 5.95. The standard InChI is InChI=1S/C17H20N2O3/c20-16(18-14-1-3-15(4-2-14)19(21)22)17-8-11-5-12(9-17)7-13(6-11)10-17/h1-4,11-13H,5-10H2,(H,18,20). The maximum Gasteiger partial charge on any atom is 0.269 e. The number of carbonyl (C=O) groups is 1. The van der Waals surface area contributed by atoms with Crippen LogP contribution in [-0.4, -0.2) is 10.8 Å². The summed E-state index contributed by atoms with van der Waals surface area (Å²) in [6.07, 6.45) is 7.01. The molecule has 1 aromatic rings. The van der Waals surface area contributed by atoms with Crippen LogP contribution in [0.4, 0.5) is 11.4 Å². The molecule has 0 spiro atoms. The second kappa shape index (κ2) is 4.80. The molecule has 5 rings (SSSR count). The zero-order valence-electron chi connectivity index (χ0n) is 12.5. The minimum Gasteiger partial charge on any atom is -0.326 e. The highest BCUT2D eigenvalue weighted by Crippen LogP contribution is 2.60. The molecule has 5 nitrogen and oxygen atoms in total. The maximum absolute atomic E-state index is 12.8. The molecule has 0 aromatic heterocycles. The first kappa shape index (κ1) is 13.7. The predicted molar refractivity (Wildman–Crippen MR) is 82.3 cm³/mol. The van der Waals surface area contributed by atoms with Crippen LogP contribution in [0.2, 0.25) is 0 Å². The van der Waals surface area contributed by atoms with Gasteiger partial charge in [0, 0.05) is 17.8 Å². The summed E-state index contributed by atoms with van der Waals surface area (Å²) in [6, 6.07) is 6.12. The SMILES string of the molecule is O=C(Nc1ccc([N+](=O)[O-])cc1)C12CC3CC(CC(C3)C1)C2. The Morgan fingerprint density at radius 3 is 2.00 bits per heavy atom. The summed E-state index contributed by atoms with van der Waals surface area (Å²) in [4.78, 5) is 23.1. The minimum absolute atomic E-state index is 0.0489. The van der Waals surface area contributed by atoms with Crippen molar-refractivity contribution >= 4 is 17.3 Å². The van der Waals surface area contributed by atoms with Crippen molar-refractivity contribution in [2.75, 3.05) is 5.32 Å². The molecule has 0 unspecified atom stereocenters. The number of anilines is 1. The minimum atomic E-state index is -0.426. The van der Waals surface area contributed by atoms with Crippen LogP contribution in [0.5, 0.6) is 0 Å². The molecule has 116 valence electrons.